The topological polar surface area (TPSA) is 47.0 Å². The molecule has 0 amide bonds. The Labute approximate surface area is 145 Å². The van der Waals surface area contributed by atoms with Crippen LogP contribution in [0.5, 0.6) is 5.75 Å². The third-order valence-electron chi connectivity index (χ3n) is 3.13. The normalized spacial score (nSPS) is 10.6. The number of thiazole rings is 1. The van der Waals surface area contributed by atoms with Crippen LogP contribution in [0, 0.1) is 5.82 Å². The van der Waals surface area contributed by atoms with Gasteiger partial charge in [0.1, 0.15) is 22.4 Å². The van der Waals surface area contributed by atoms with E-state index in [1.165, 1.54) is 23.5 Å². The van der Waals surface area contributed by atoms with Crippen LogP contribution >= 0.6 is 27.3 Å². The van der Waals surface area contributed by atoms with E-state index in [4.69, 9.17) is 4.74 Å². The first-order valence-electron chi connectivity index (χ1n) is 6.79. The van der Waals surface area contributed by atoms with Gasteiger partial charge < -0.3 is 10.1 Å². The first kappa shape index (κ1) is 15.9. The number of hydrogen-bond donors (Lipinski definition) is 1. The fourth-order valence-electron chi connectivity index (χ4n) is 1.97. The predicted molar refractivity (Wildman–Crippen MR) is 93.3 cm³/mol. The molecule has 1 aromatic carbocycles. The van der Waals surface area contributed by atoms with Crippen molar-refractivity contribution in [3.63, 3.8) is 0 Å². The molecule has 0 atom stereocenters. The third kappa shape index (κ3) is 3.86. The lowest BCUT2D eigenvalue weighted by Gasteiger charge is -2.07. The zero-order valence-corrected chi connectivity index (χ0v) is 14.6. The highest BCUT2D eigenvalue weighted by atomic mass is 79.9. The first-order valence-corrected chi connectivity index (χ1v) is 8.47. The highest BCUT2D eigenvalue weighted by molar-refractivity contribution is 9.10. The molecule has 1 N–H and O–H groups in total. The van der Waals surface area contributed by atoms with Crippen molar-refractivity contribution in [3.05, 3.63) is 57.9 Å². The molecule has 3 aromatic rings. The van der Waals surface area contributed by atoms with Gasteiger partial charge in [0, 0.05) is 23.2 Å². The van der Waals surface area contributed by atoms with E-state index in [-0.39, 0.29) is 5.82 Å². The Kier molecular flexibility index (Phi) is 4.88. The first-order chi connectivity index (χ1) is 11.2. The Morgan fingerprint density at radius 2 is 2.09 bits per heavy atom. The van der Waals surface area contributed by atoms with E-state index in [9.17, 15) is 4.39 Å². The summed E-state index contributed by atoms with van der Waals surface area (Å²) in [5.41, 5.74) is 1.81. The smallest absolute Gasteiger partial charge is 0.138 e. The molecule has 0 unspecified atom stereocenters. The Bertz CT molecular complexity index is 807. The quantitative estimate of drug-likeness (QED) is 0.680. The third-order valence-corrected chi connectivity index (χ3v) is 4.67. The van der Waals surface area contributed by atoms with Crippen molar-refractivity contribution in [2.45, 2.75) is 6.54 Å². The van der Waals surface area contributed by atoms with Crippen LogP contribution in [0.3, 0.4) is 0 Å². The predicted octanol–water partition coefficient (Wildman–Crippen LogP) is 4.73. The summed E-state index contributed by atoms with van der Waals surface area (Å²) in [6.07, 6.45) is 1.69. The SMILES string of the molecule is COc1cc(NCc2csc(-c3ccc(F)cc3)n2)ncc1Br. The molecule has 0 aliphatic rings. The van der Waals surface area contributed by atoms with E-state index >= 15 is 0 Å². The van der Waals surface area contributed by atoms with E-state index < -0.39 is 0 Å². The molecular weight excluding hydrogens is 381 g/mol. The van der Waals surface area contributed by atoms with Crippen molar-refractivity contribution in [1.82, 2.24) is 9.97 Å². The molecule has 0 bridgehead atoms. The zero-order valence-electron chi connectivity index (χ0n) is 12.2. The van der Waals surface area contributed by atoms with Crippen molar-refractivity contribution in [2.24, 2.45) is 0 Å². The zero-order chi connectivity index (χ0) is 16.2. The van der Waals surface area contributed by atoms with Gasteiger partial charge in [-0.2, -0.15) is 0 Å². The van der Waals surface area contributed by atoms with Crippen LogP contribution in [0.25, 0.3) is 10.6 Å². The van der Waals surface area contributed by atoms with Gasteiger partial charge in [0.2, 0.25) is 0 Å². The summed E-state index contributed by atoms with van der Waals surface area (Å²) < 4.78 is 19.0. The van der Waals surface area contributed by atoms with Crippen LogP contribution in [0.2, 0.25) is 0 Å². The Morgan fingerprint density at radius 3 is 2.83 bits per heavy atom. The van der Waals surface area contributed by atoms with Crippen LogP contribution in [-0.4, -0.2) is 17.1 Å². The van der Waals surface area contributed by atoms with E-state index in [2.05, 4.69) is 31.2 Å². The van der Waals surface area contributed by atoms with E-state index in [1.54, 1.807) is 25.4 Å². The molecule has 0 radical (unpaired) electrons. The van der Waals surface area contributed by atoms with Gasteiger partial charge in [-0.3, -0.25) is 0 Å². The highest BCUT2D eigenvalue weighted by Crippen LogP contribution is 2.27. The average molecular weight is 394 g/mol. The molecule has 118 valence electrons. The molecule has 0 spiro atoms. The molecule has 0 aliphatic heterocycles. The minimum Gasteiger partial charge on any atom is -0.495 e. The molecule has 2 aromatic heterocycles. The molecule has 0 fully saturated rings. The van der Waals surface area contributed by atoms with Gasteiger partial charge in [-0.15, -0.1) is 11.3 Å². The monoisotopic (exact) mass is 393 g/mol. The van der Waals surface area contributed by atoms with Gasteiger partial charge in [0.15, 0.2) is 0 Å². The van der Waals surface area contributed by atoms with E-state index in [0.717, 1.165) is 20.7 Å². The second-order valence-corrected chi connectivity index (χ2v) is 6.42. The van der Waals surface area contributed by atoms with Gasteiger partial charge in [0.05, 0.1) is 23.8 Å². The summed E-state index contributed by atoms with van der Waals surface area (Å²) in [5.74, 6) is 1.18. The lowest BCUT2D eigenvalue weighted by Crippen LogP contribution is -2.02. The minimum atomic E-state index is -0.248. The maximum Gasteiger partial charge on any atom is 0.138 e. The average Bonchev–Trinajstić information content (AvgIpc) is 3.04. The van der Waals surface area contributed by atoms with Gasteiger partial charge in [-0.05, 0) is 40.2 Å². The minimum absolute atomic E-state index is 0.248. The number of benzene rings is 1. The van der Waals surface area contributed by atoms with Gasteiger partial charge in [-0.25, -0.2) is 14.4 Å². The fourth-order valence-corrected chi connectivity index (χ4v) is 3.17. The van der Waals surface area contributed by atoms with Crippen molar-refractivity contribution >= 4 is 33.1 Å². The van der Waals surface area contributed by atoms with E-state index in [1.807, 2.05) is 11.4 Å². The number of nitrogens with zero attached hydrogens (tertiary/aromatic N) is 2. The number of hydrogen-bond acceptors (Lipinski definition) is 5. The van der Waals surface area contributed by atoms with Gasteiger partial charge in [0.25, 0.3) is 0 Å². The van der Waals surface area contributed by atoms with Crippen molar-refractivity contribution in [2.75, 3.05) is 12.4 Å². The van der Waals surface area contributed by atoms with Gasteiger partial charge in [-0.1, -0.05) is 0 Å². The molecule has 7 heteroatoms. The molecule has 0 saturated heterocycles. The summed E-state index contributed by atoms with van der Waals surface area (Å²) in [5, 5.41) is 6.05. The van der Waals surface area contributed by atoms with Crippen LogP contribution in [0.15, 0.2) is 46.4 Å². The van der Waals surface area contributed by atoms with Crippen LogP contribution in [0.4, 0.5) is 10.2 Å². The summed E-state index contributed by atoms with van der Waals surface area (Å²) in [4.78, 5) is 8.82. The standard InChI is InChI=1S/C16H13BrFN3OS/c1-22-14-6-15(20-8-13(14)17)19-7-12-9-23-16(21-12)10-2-4-11(18)5-3-10/h2-6,8-9H,7H2,1H3,(H,19,20). The Hall–Kier alpha value is -1.99. The summed E-state index contributed by atoms with van der Waals surface area (Å²) in [6.45, 7) is 0.551. The Balaban J connectivity index is 1.68. The number of aromatic nitrogens is 2. The largest absolute Gasteiger partial charge is 0.495 e. The molecule has 2 heterocycles. The van der Waals surface area contributed by atoms with Crippen LogP contribution in [-0.2, 0) is 6.54 Å². The van der Waals surface area contributed by atoms with Crippen LogP contribution < -0.4 is 10.1 Å². The number of anilines is 1. The lowest BCUT2D eigenvalue weighted by atomic mass is 10.2. The summed E-state index contributed by atoms with van der Waals surface area (Å²) in [7, 11) is 1.61. The number of rotatable bonds is 5. The molecule has 0 aliphatic carbocycles. The molecule has 3 rings (SSSR count). The number of halogens is 2. The summed E-state index contributed by atoms with van der Waals surface area (Å²) >= 11 is 4.90. The Morgan fingerprint density at radius 1 is 1.30 bits per heavy atom. The van der Waals surface area contributed by atoms with Crippen molar-refractivity contribution in [1.29, 1.82) is 0 Å². The van der Waals surface area contributed by atoms with Crippen molar-refractivity contribution in [3.8, 4) is 16.3 Å². The maximum absolute atomic E-state index is 13.0. The molecule has 4 nitrogen and oxygen atoms in total. The second kappa shape index (κ2) is 7.06. The van der Waals surface area contributed by atoms with Gasteiger partial charge >= 0.3 is 0 Å². The maximum atomic E-state index is 13.0. The lowest BCUT2D eigenvalue weighted by molar-refractivity contribution is 0.412. The number of nitrogens with one attached hydrogen (secondary N) is 1. The van der Waals surface area contributed by atoms with Crippen LogP contribution in [0.1, 0.15) is 5.69 Å². The molecule has 23 heavy (non-hydrogen) atoms. The summed E-state index contributed by atoms with van der Waals surface area (Å²) in [6, 6.07) is 8.15. The number of pyridine rings is 1. The second-order valence-electron chi connectivity index (χ2n) is 4.71. The fraction of sp³-hybridized carbons (Fsp3) is 0.125. The van der Waals surface area contributed by atoms with Crippen molar-refractivity contribution < 1.29 is 9.13 Å². The molecular formula is C16H13BrFN3OS. The highest BCUT2D eigenvalue weighted by Gasteiger charge is 2.07. The number of methoxy groups -OCH3 is 1. The molecule has 0 saturated carbocycles. The number of ether oxygens (including phenoxy) is 1. The van der Waals surface area contributed by atoms with E-state index in [0.29, 0.717) is 18.1 Å².